The van der Waals surface area contributed by atoms with Crippen LogP contribution in [0.25, 0.3) is 0 Å². The van der Waals surface area contributed by atoms with Gasteiger partial charge in [0.1, 0.15) is 17.7 Å². The zero-order chi connectivity index (χ0) is 25.6. The Kier molecular flexibility index (Phi) is 7.05. The van der Waals surface area contributed by atoms with Crippen molar-refractivity contribution in [3.8, 4) is 11.6 Å². The van der Waals surface area contributed by atoms with E-state index in [-0.39, 0.29) is 29.9 Å². The molecule has 1 N–H and O–H groups in total. The first-order chi connectivity index (χ1) is 18.0. The van der Waals surface area contributed by atoms with Crippen molar-refractivity contribution >= 4 is 29.0 Å². The largest absolute Gasteiger partial charge is 0.436 e. The van der Waals surface area contributed by atoms with Crippen LogP contribution in [0.2, 0.25) is 5.02 Å². The highest BCUT2D eigenvalue weighted by Crippen LogP contribution is 2.23. The van der Waals surface area contributed by atoms with Crippen molar-refractivity contribution in [3.05, 3.63) is 124 Å². The van der Waals surface area contributed by atoms with E-state index in [0.717, 1.165) is 5.56 Å². The Hall–Kier alpha value is -4.76. The van der Waals surface area contributed by atoms with Crippen LogP contribution in [0.15, 0.2) is 101 Å². The summed E-state index contributed by atoms with van der Waals surface area (Å²) in [4.78, 5) is 34.8. The van der Waals surface area contributed by atoms with Crippen LogP contribution >= 0.6 is 11.6 Å². The van der Waals surface area contributed by atoms with Crippen molar-refractivity contribution in [1.82, 2.24) is 19.7 Å². The summed E-state index contributed by atoms with van der Waals surface area (Å²) >= 11 is 6.03. The molecule has 0 saturated heterocycles. The maximum absolute atomic E-state index is 13.5. The van der Waals surface area contributed by atoms with Crippen molar-refractivity contribution in [3.63, 3.8) is 0 Å². The summed E-state index contributed by atoms with van der Waals surface area (Å²) in [5.41, 5.74) is 1.76. The summed E-state index contributed by atoms with van der Waals surface area (Å²) in [7, 11) is 0. The number of ketones is 1. The van der Waals surface area contributed by atoms with E-state index >= 15 is 0 Å². The zero-order valence-electron chi connectivity index (χ0n) is 19.4. The lowest BCUT2D eigenvalue weighted by molar-refractivity contribution is 0.0987. The van der Waals surface area contributed by atoms with Gasteiger partial charge in [0.15, 0.2) is 5.78 Å². The Bertz CT molecular complexity index is 1550. The summed E-state index contributed by atoms with van der Waals surface area (Å²) in [6, 6.07) is 20.9. The molecule has 9 nitrogen and oxygen atoms in total. The van der Waals surface area contributed by atoms with E-state index in [2.05, 4.69) is 20.4 Å². The maximum atomic E-state index is 13.5. The third kappa shape index (κ3) is 5.91. The van der Waals surface area contributed by atoms with Crippen molar-refractivity contribution in [2.24, 2.45) is 0 Å². The molecule has 0 atom stereocenters. The average Bonchev–Trinajstić information content (AvgIpc) is 3.43. The normalized spacial score (nSPS) is 10.7. The number of benzene rings is 2. The lowest BCUT2D eigenvalue weighted by Crippen LogP contribution is -2.28. The van der Waals surface area contributed by atoms with Gasteiger partial charge in [0.25, 0.3) is 11.4 Å². The first-order valence-electron chi connectivity index (χ1n) is 11.3. The molecule has 0 radical (unpaired) electrons. The van der Waals surface area contributed by atoms with Gasteiger partial charge >= 0.3 is 0 Å². The molecular weight excluding hydrogens is 494 g/mol. The quantitative estimate of drug-likeness (QED) is 0.265. The van der Waals surface area contributed by atoms with E-state index in [1.807, 2.05) is 12.1 Å². The fourth-order valence-corrected chi connectivity index (χ4v) is 3.70. The van der Waals surface area contributed by atoms with Crippen molar-refractivity contribution in [1.29, 1.82) is 0 Å². The number of halogens is 1. The molecule has 0 aliphatic heterocycles. The Morgan fingerprint density at radius 1 is 1.00 bits per heavy atom. The molecule has 5 aromatic rings. The molecule has 0 bridgehead atoms. The third-order valence-electron chi connectivity index (χ3n) is 5.42. The summed E-state index contributed by atoms with van der Waals surface area (Å²) in [5, 5.41) is 7.49. The molecule has 0 fully saturated rings. The van der Waals surface area contributed by atoms with Crippen LogP contribution in [0.1, 0.15) is 21.6 Å². The fraction of sp³-hybridized carbons (Fsp3) is 0.0741. The molecular formula is C27H20ClN5O4. The SMILES string of the molecule is O=C(Cc1cnc(Nc2ccc(Oc3ccon3)cc2)n(Cc2ccc(Cl)cc2)c1=O)c1ccccn1. The number of carbonyl (C=O) groups excluding carboxylic acids is 1. The smallest absolute Gasteiger partial charge is 0.259 e. The van der Waals surface area contributed by atoms with Crippen LogP contribution in [0.5, 0.6) is 11.6 Å². The number of hydrogen-bond acceptors (Lipinski definition) is 8. The molecule has 0 aliphatic rings. The number of nitrogens with one attached hydrogen (secondary N) is 1. The van der Waals surface area contributed by atoms with Crippen LogP contribution in [-0.2, 0) is 13.0 Å². The molecule has 0 amide bonds. The van der Waals surface area contributed by atoms with E-state index in [1.54, 1.807) is 66.9 Å². The number of carbonyl (C=O) groups is 1. The van der Waals surface area contributed by atoms with Crippen LogP contribution in [0.3, 0.4) is 0 Å². The van der Waals surface area contributed by atoms with Crippen molar-refractivity contribution < 1.29 is 14.1 Å². The van der Waals surface area contributed by atoms with Gasteiger partial charge in [-0.15, -0.1) is 0 Å². The molecule has 2 aromatic carbocycles. The van der Waals surface area contributed by atoms with E-state index < -0.39 is 0 Å². The highest BCUT2D eigenvalue weighted by atomic mass is 35.5. The second-order valence-electron chi connectivity index (χ2n) is 8.03. The highest BCUT2D eigenvalue weighted by molar-refractivity contribution is 6.30. The van der Waals surface area contributed by atoms with E-state index in [1.165, 1.54) is 17.0 Å². The Morgan fingerprint density at radius 3 is 2.51 bits per heavy atom. The van der Waals surface area contributed by atoms with Gasteiger partial charge < -0.3 is 14.6 Å². The number of pyridine rings is 1. The van der Waals surface area contributed by atoms with Gasteiger partial charge in [-0.05, 0) is 59.3 Å². The van der Waals surface area contributed by atoms with E-state index in [9.17, 15) is 9.59 Å². The van der Waals surface area contributed by atoms with Crippen molar-refractivity contribution in [2.45, 2.75) is 13.0 Å². The number of aromatic nitrogens is 4. The second-order valence-corrected chi connectivity index (χ2v) is 8.47. The van der Waals surface area contributed by atoms with Gasteiger partial charge in [-0.1, -0.05) is 29.8 Å². The Morgan fingerprint density at radius 2 is 1.81 bits per heavy atom. The molecule has 0 unspecified atom stereocenters. The predicted molar refractivity (Wildman–Crippen MR) is 138 cm³/mol. The Balaban J connectivity index is 1.43. The maximum Gasteiger partial charge on any atom is 0.259 e. The molecule has 3 heterocycles. The summed E-state index contributed by atoms with van der Waals surface area (Å²) in [6.07, 6.45) is 4.27. The molecule has 3 aromatic heterocycles. The molecule has 37 heavy (non-hydrogen) atoms. The van der Waals surface area contributed by atoms with Crippen LogP contribution in [0.4, 0.5) is 11.6 Å². The summed E-state index contributed by atoms with van der Waals surface area (Å²) in [6.45, 7) is 0.226. The number of hydrogen-bond donors (Lipinski definition) is 1. The fourth-order valence-electron chi connectivity index (χ4n) is 3.58. The highest BCUT2D eigenvalue weighted by Gasteiger charge is 2.16. The molecule has 10 heteroatoms. The van der Waals surface area contributed by atoms with Gasteiger partial charge in [0.05, 0.1) is 6.54 Å². The standard InChI is InChI=1S/C27H20ClN5O4/c28-20-6-4-18(5-7-20)17-33-26(35)19(15-24(34)23-3-1-2-13-29-23)16-30-27(33)31-21-8-10-22(11-9-21)37-25-12-14-36-32-25/h1-14,16H,15,17H2,(H,30,31). The van der Waals surface area contributed by atoms with Crippen LogP contribution < -0.4 is 15.6 Å². The first kappa shape index (κ1) is 24.0. The minimum atomic E-state index is -0.331. The van der Waals surface area contributed by atoms with Gasteiger partial charge in [0.2, 0.25) is 5.95 Å². The topological polar surface area (TPSA) is 112 Å². The average molecular weight is 514 g/mol. The number of nitrogens with zero attached hydrogens (tertiary/aromatic N) is 4. The van der Waals surface area contributed by atoms with E-state index in [0.29, 0.717) is 34.0 Å². The first-order valence-corrected chi connectivity index (χ1v) is 11.7. The minimum absolute atomic E-state index is 0.113. The summed E-state index contributed by atoms with van der Waals surface area (Å²) < 4.78 is 11.9. The predicted octanol–water partition coefficient (Wildman–Crippen LogP) is 5.29. The molecule has 0 spiro atoms. The van der Waals surface area contributed by atoms with Crippen molar-refractivity contribution in [2.75, 3.05) is 5.32 Å². The lowest BCUT2D eigenvalue weighted by Gasteiger charge is -2.15. The Labute approximate surface area is 216 Å². The monoisotopic (exact) mass is 513 g/mol. The van der Waals surface area contributed by atoms with Crippen LogP contribution in [-0.4, -0.2) is 25.5 Å². The van der Waals surface area contributed by atoms with Gasteiger partial charge in [0, 0.05) is 41.2 Å². The summed E-state index contributed by atoms with van der Waals surface area (Å²) in [5.74, 6) is 0.962. The molecule has 0 aliphatic carbocycles. The molecule has 5 rings (SSSR count). The lowest BCUT2D eigenvalue weighted by atomic mass is 10.1. The van der Waals surface area contributed by atoms with Gasteiger partial charge in [-0.3, -0.25) is 19.1 Å². The second kappa shape index (κ2) is 10.9. The van der Waals surface area contributed by atoms with Crippen LogP contribution in [0, 0.1) is 0 Å². The number of rotatable bonds is 9. The third-order valence-corrected chi connectivity index (χ3v) is 5.67. The number of anilines is 2. The zero-order valence-corrected chi connectivity index (χ0v) is 20.1. The minimum Gasteiger partial charge on any atom is -0.436 e. The number of Topliss-reactive ketones (excluding diaryl/α,β-unsaturated/α-hetero) is 1. The number of ether oxygens (including phenoxy) is 1. The van der Waals surface area contributed by atoms with Gasteiger partial charge in [-0.25, -0.2) is 4.98 Å². The van der Waals surface area contributed by atoms with Gasteiger partial charge in [-0.2, -0.15) is 0 Å². The molecule has 184 valence electrons. The molecule has 0 saturated carbocycles. The van der Waals surface area contributed by atoms with E-state index in [4.69, 9.17) is 20.9 Å².